The molecule has 3 rings (SSSR count). The van der Waals surface area contributed by atoms with Gasteiger partial charge in [0.25, 0.3) is 0 Å². The highest BCUT2D eigenvalue weighted by molar-refractivity contribution is 7.13. The third-order valence-electron chi connectivity index (χ3n) is 3.76. The van der Waals surface area contributed by atoms with E-state index in [0.717, 1.165) is 24.5 Å². The number of carbonyl (C=O) groups excluding carboxylic acids is 1. The van der Waals surface area contributed by atoms with E-state index in [0.29, 0.717) is 23.9 Å². The molecule has 1 aliphatic rings. The molecule has 2 aromatic rings. The van der Waals surface area contributed by atoms with Crippen LogP contribution < -0.4 is 10.6 Å². The van der Waals surface area contributed by atoms with E-state index >= 15 is 0 Å². The lowest BCUT2D eigenvalue weighted by Gasteiger charge is -2.22. The number of anilines is 1. The topological polar surface area (TPSA) is 79.8 Å². The molecule has 0 aliphatic carbocycles. The lowest BCUT2D eigenvalue weighted by molar-refractivity contribution is -0.116. The van der Waals surface area contributed by atoms with Crippen molar-refractivity contribution < 1.29 is 4.79 Å². The summed E-state index contributed by atoms with van der Waals surface area (Å²) in [6.45, 7) is 2.09. The molecule has 0 bridgehead atoms. The van der Waals surface area contributed by atoms with Crippen molar-refractivity contribution in [2.24, 2.45) is 0 Å². The molecule has 0 spiro atoms. The Bertz CT molecular complexity index is 610. The van der Waals surface area contributed by atoms with Crippen LogP contribution in [0.3, 0.4) is 0 Å². The molecule has 22 heavy (non-hydrogen) atoms. The smallest absolute Gasteiger partial charge is 0.226 e. The highest BCUT2D eigenvalue weighted by atomic mass is 32.1. The van der Waals surface area contributed by atoms with Crippen molar-refractivity contribution in [3.63, 3.8) is 0 Å². The number of hydrogen-bond donors (Lipinski definition) is 2. The number of aryl methyl sites for hydroxylation is 1. The summed E-state index contributed by atoms with van der Waals surface area (Å²) in [6, 6.07) is 6.11. The zero-order valence-electron chi connectivity index (χ0n) is 12.3. The maximum Gasteiger partial charge on any atom is 0.226 e. The van der Waals surface area contributed by atoms with E-state index in [1.165, 1.54) is 24.2 Å². The van der Waals surface area contributed by atoms with Gasteiger partial charge in [-0.05, 0) is 37.9 Å². The first-order chi connectivity index (χ1) is 10.8. The number of nitrogens with one attached hydrogen (secondary N) is 2. The molecule has 0 saturated carbocycles. The minimum atomic E-state index is -0.0525. The van der Waals surface area contributed by atoms with Gasteiger partial charge in [0.15, 0.2) is 0 Å². The number of amides is 1. The average Bonchev–Trinajstić information content (AvgIpc) is 3.07. The quantitative estimate of drug-likeness (QED) is 0.881. The fourth-order valence-electron chi connectivity index (χ4n) is 2.62. The number of piperidine rings is 1. The molecule has 3 heterocycles. The highest BCUT2D eigenvalue weighted by Crippen LogP contribution is 2.21. The summed E-state index contributed by atoms with van der Waals surface area (Å²) in [7, 11) is 0. The van der Waals surface area contributed by atoms with Gasteiger partial charge in [-0.1, -0.05) is 17.4 Å². The molecule has 2 N–H and O–H groups in total. The van der Waals surface area contributed by atoms with E-state index in [1.54, 1.807) is 5.51 Å². The lowest BCUT2D eigenvalue weighted by Crippen LogP contribution is -2.28. The number of rotatable bonds is 5. The number of aromatic nitrogens is 3. The first kappa shape index (κ1) is 15.1. The van der Waals surface area contributed by atoms with Gasteiger partial charge in [0.2, 0.25) is 11.0 Å². The van der Waals surface area contributed by atoms with Gasteiger partial charge in [-0.3, -0.25) is 9.78 Å². The summed E-state index contributed by atoms with van der Waals surface area (Å²) in [6.07, 6.45) is 3.42. The second-order valence-corrected chi connectivity index (χ2v) is 6.22. The molecule has 1 saturated heterocycles. The minimum Gasteiger partial charge on any atom is -0.316 e. The van der Waals surface area contributed by atoms with E-state index in [9.17, 15) is 4.79 Å². The van der Waals surface area contributed by atoms with Crippen molar-refractivity contribution in [2.75, 3.05) is 18.4 Å². The highest BCUT2D eigenvalue weighted by Gasteiger charge is 2.16. The minimum absolute atomic E-state index is 0.0525. The fraction of sp³-hybridized carbons (Fsp3) is 0.467. The standard InChI is InChI=1S/C15H19N5OS/c21-14(19-15-20-17-10-22-15)7-6-12-4-1-5-13(18-12)11-3-2-8-16-9-11/h1,4-5,10-11,16H,2-3,6-9H2,(H,19,20,21). The third-order valence-corrected chi connectivity index (χ3v) is 4.36. The van der Waals surface area contributed by atoms with Gasteiger partial charge in [0.1, 0.15) is 5.51 Å². The predicted molar refractivity (Wildman–Crippen MR) is 85.9 cm³/mol. The van der Waals surface area contributed by atoms with Crippen molar-refractivity contribution in [1.82, 2.24) is 20.5 Å². The Labute approximate surface area is 133 Å². The number of hydrogen-bond acceptors (Lipinski definition) is 6. The molecule has 1 fully saturated rings. The van der Waals surface area contributed by atoms with Gasteiger partial charge >= 0.3 is 0 Å². The van der Waals surface area contributed by atoms with Gasteiger partial charge in [0.05, 0.1) is 0 Å². The summed E-state index contributed by atoms with van der Waals surface area (Å²) >= 11 is 1.32. The first-order valence-electron chi connectivity index (χ1n) is 7.54. The Morgan fingerprint density at radius 3 is 3.18 bits per heavy atom. The van der Waals surface area contributed by atoms with Gasteiger partial charge in [-0.15, -0.1) is 10.2 Å². The second kappa shape index (κ2) is 7.42. The maximum absolute atomic E-state index is 11.9. The Hall–Kier alpha value is -1.86. The van der Waals surface area contributed by atoms with E-state index in [-0.39, 0.29) is 5.91 Å². The molecule has 6 nitrogen and oxygen atoms in total. The molecule has 0 aromatic carbocycles. The molecular formula is C15H19N5OS. The van der Waals surface area contributed by atoms with E-state index in [4.69, 9.17) is 4.98 Å². The van der Waals surface area contributed by atoms with Crippen LogP contribution in [-0.4, -0.2) is 34.2 Å². The Kier molecular flexibility index (Phi) is 5.07. The monoisotopic (exact) mass is 317 g/mol. The van der Waals surface area contributed by atoms with Crippen LogP contribution in [0.15, 0.2) is 23.7 Å². The molecule has 1 aliphatic heterocycles. The zero-order chi connectivity index (χ0) is 15.2. The summed E-state index contributed by atoms with van der Waals surface area (Å²) in [5.74, 6) is 0.437. The predicted octanol–water partition coefficient (Wildman–Crippen LogP) is 1.97. The largest absolute Gasteiger partial charge is 0.316 e. The van der Waals surface area contributed by atoms with E-state index < -0.39 is 0 Å². The van der Waals surface area contributed by atoms with Crippen molar-refractivity contribution in [3.05, 3.63) is 35.1 Å². The van der Waals surface area contributed by atoms with E-state index in [1.807, 2.05) is 12.1 Å². The molecule has 1 atom stereocenters. The SMILES string of the molecule is O=C(CCc1cccc(C2CCCNC2)n1)Nc1nncs1. The number of pyridine rings is 1. The van der Waals surface area contributed by atoms with E-state index in [2.05, 4.69) is 26.9 Å². The molecular weight excluding hydrogens is 298 g/mol. The fourth-order valence-corrected chi connectivity index (χ4v) is 3.08. The van der Waals surface area contributed by atoms with Crippen LogP contribution >= 0.6 is 11.3 Å². The van der Waals surface area contributed by atoms with Crippen LogP contribution in [0, 0.1) is 0 Å². The van der Waals surface area contributed by atoms with Crippen LogP contribution in [0.25, 0.3) is 0 Å². The summed E-state index contributed by atoms with van der Waals surface area (Å²) in [4.78, 5) is 16.6. The Morgan fingerprint density at radius 1 is 1.45 bits per heavy atom. The zero-order valence-corrected chi connectivity index (χ0v) is 13.1. The third kappa shape index (κ3) is 4.08. The molecule has 2 aromatic heterocycles. The Morgan fingerprint density at radius 2 is 2.41 bits per heavy atom. The number of nitrogens with zero attached hydrogens (tertiary/aromatic N) is 3. The second-order valence-electron chi connectivity index (χ2n) is 5.39. The normalized spacial score (nSPS) is 18.1. The Balaban J connectivity index is 1.54. The van der Waals surface area contributed by atoms with Crippen LogP contribution in [0.2, 0.25) is 0 Å². The van der Waals surface area contributed by atoms with Crippen molar-refractivity contribution in [2.45, 2.75) is 31.6 Å². The summed E-state index contributed by atoms with van der Waals surface area (Å²) in [5, 5.41) is 14.2. The van der Waals surface area contributed by atoms with Gasteiger partial charge < -0.3 is 10.6 Å². The number of carbonyl (C=O) groups is 1. The van der Waals surface area contributed by atoms with Crippen molar-refractivity contribution in [1.29, 1.82) is 0 Å². The molecule has 0 radical (unpaired) electrons. The van der Waals surface area contributed by atoms with Crippen molar-refractivity contribution in [3.8, 4) is 0 Å². The molecule has 116 valence electrons. The first-order valence-corrected chi connectivity index (χ1v) is 8.42. The van der Waals surface area contributed by atoms with Gasteiger partial charge in [0, 0.05) is 30.3 Å². The van der Waals surface area contributed by atoms with Gasteiger partial charge in [-0.2, -0.15) is 0 Å². The molecule has 1 unspecified atom stereocenters. The molecule has 1 amide bonds. The summed E-state index contributed by atoms with van der Waals surface area (Å²) < 4.78 is 0. The van der Waals surface area contributed by atoms with Crippen molar-refractivity contribution >= 4 is 22.4 Å². The maximum atomic E-state index is 11.9. The van der Waals surface area contributed by atoms with Crippen LogP contribution in [0.4, 0.5) is 5.13 Å². The molecule has 7 heteroatoms. The van der Waals surface area contributed by atoms with Crippen LogP contribution in [0.5, 0.6) is 0 Å². The van der Waals surface area contributed by atoms with Crippen LogP contribution in [-0.2, 0) is 11.2 Å². The van der Waals surface area contributed by atoms with Crippen LogP contribution in [0.1, 0.15) is 36.6 Å². The average molecular weight is 317 g/mol. The van der Waals surface area contributed by atoms with Gasteiger partial charge in [-0.25, -0.2) is 0 Å². The summed E-state index contributed by atoms with van der Waals surface area (Å²) in [5.41, 5.74) is 3.70. The lowest BCUT2D eigenvalue weighted by atomic mass is 9.95.